The maximum absolute atomic E-state index is 13.0. The zero-order valence-electron chi connectivity index (χ0n) is 10.2. The minimum Gasteiger partial charge on any atom is -0.336 e. The van der Waals surface area contributed by atoms with Gasteiger partial charge in [0.15, 0.2) is 11.6 Å². The Labute approximate surface area is 113 Å². The maximum Gasteiger partial charge on any atom is 0.324 e. The third kappa shape index (κ3) is 3.04. The normalized spacial score (nSPS) is 16.4. The van der Waals surface area contributed by atoms with Crippen LogP contribution in [-0.2, 0) is 4.79 Å². The van der Waals surface area contributed by atoms with Crippen LogP contribution in [0.5, 0.6) is 0 Å². The lowest BCUT2D eigenvalue weighted by molar-refractivity contribution is -0.126. The highest BCUT2D eigenvalue weighted by atomic mass is 32.2. The predicted molar refractivity (Wildman–Crippen MR) is 66.8 cm³/mol. The molecule has 1 aliphatic rings. The van der Waals surface area contributed by atoms with E-state index in [-0.39, 0.29) is 5.91 Å². The second kappa shape index (κ2) is 5.56. The highest BCUT2D eigenvalue weighted by Crippen LogP contribution is 2.26. The zero-order chi connectivity index (χ0) is 14.0. The van der Waals surface area contributed by atoms with E-state index in [1.54, 1.807) is 6.92 Å². The van der Waals surface area contributed by atoms with E-state index in [4.69, 9.17) is 0 Å². The molecule has 1 N–H and O–H groups in total. The van der Waals surface area contributed by atoms with Crippen LogP contribution in [-0.4, -0.2) is 35.2 Å². The number of carbonyl (C=O) groups excluding carboxylic acids is 2. The molecule has 4 nitrogen and oxygen atoms in total. The Morgan fingerprint density at radius 1 is 1.42 bits per heavy atom. The molecule has 1 atom stereocenters. The van der Waals surface area contributed by atoms with Crippen molar-refractivity contribution in [3.8, 4) is 0 Å². The summed E-state index contributed by atoms with van der Waals surface area (Å²) in [5.74, 6) is -2.23. The van der Waals surface area contributed by atoms with Crippen LogP contribution in [0.25, 0.3) is 0 Å². The summed E-state index contributed by atoms with van der Waals surface area (Å²) in [4.78, 5) is 24.9. The van der Waals surface area contributed by atoms with Gasteiger partial charge in [0.05, 0.1) is 5.25 Å². The number of thioether (sulfide) groups is 1. The number of nitrogens with one attached hydrogen (secondary N) is 1. The molecule has 7 heteroatoms. The Hall–Kier alpha value is -1.63. The van der Waals surface area contributed by atoms with E-state index in [0.29, 0.717) is 18.0 Å². The summed E-state index contributed by atoms with van der Waals surface area (Å²) in [7, 11) is 0. The summed E-state index contributed by atoms with van der Waals surface area (Å²) in [6, 6.07) is 3.03. The SMILES string of the molecule is C[C@H](Sc1ccc(F)c(F)c1)C(=O)N1CCNC1=O. The van der Waals surface area contributed by atoms with Crippen molar-refractivity contribution in [3.63, 3.8) is 0 Å². The molecular weight excluding hydrogens is 274 g/mol. The van der Waals surface area contributed by atoms with Crippen molar-refractivity contribution < 1.29 is 18.4 Å². The zero-order valence-corrected chi connectivity index (χ0v) is 11.0. The first-order valence-corrected chi connectivity index (χ1v) is 6.58. The van der Waals surface area contributed by atoms with E-state index in [1.807, 2.05) is 0 Å². The summed E-state index contributed by atoms with van der Waals surface area (Å²) in [6.07, 6.45) is 0. The molecule has 0 spiro atoms. The quantitative estimate of drug-likeness (QED) is 0.865. The molecule has 3 amide bonds. The van der Waals surface area contributed by atoms with Gasteiger partial charge in [0, 0.05) is 18.0 Å². The molecule has 102 valence electrons. The molecule has 2 rings (SSSR count). The molecule has 1 aromatic carbocycles. The van der Waals surface area contributed by atoms with Gasteiger partial charge >= 0.3 is 6.03 Å². The van der Waals surface area contributed by atoms with Crippen LogP contribution in [0.4, 0.5) is 13.6 Å². The van der Waals surface area contributed by atoms with Gasteiger partial charge in [-0.3, -0.25) is 9.69 Å². The molecule has 0 aliphatic carbocycles. The Morgan fingerprint density at radius 3 is 2.74 bits per heavy atom. The van der Waals surface area contributed by atoms with E-state index in [1.165, 1.54) is 6.07 Å². The first kappa shape index (κ1) is 13.8. The van der Waals surface area contributed by atoms with Gasteiger partial charge in [0.25, 0.3) is 0 Å². The van der Waals surface area contributed by atoms with Crippen LogP contribution in [0.2, 0.25) is 0 Å². The van der Waals surface area contributed by atoms with Crippen molar-refractivity contribution in [2.75, 3.05) is 13.1 Å². The van der Waals surface area contributed by atoms with Gasteiger partial charge < -0.3 is 5.32 Å². The fraction of sp³-hybridized carbons (Fsp3) is 0.333. The van der Waals surface area contributed by atoms with Gasteiger partial charge in [-0.05, 0) is 25.1 Å². The third-order valence-corrected chi connectivity index (χ3v) is 3.76. The topological polar surface area (TPSA) is 49.4 Å². The van der Waals surface area contributed by atoms with Gasteiger partial charge in [0.1, 0.15) is 0 Å². The standard InChI is InChI=1S/C12H12F2N2O2S/c1-7(11(17)16-5-4-15-12(16)18)19-8-2-3-9(13)10(14)6-8/h2-3,6-7H,4-5H2,1H3,(H,15,18)/t7-/m0/s1. The number of urea groups is 1. The van der Waals surface area contributed by atoms with Crippen molar-refractivity contribution in [1.82, 2.24) is 10.2 Å². The van der Waals surface area contributed by atoms with Gasteiger partial charge in [0.2, 0.25) is 5.91 Å². The number of carbonyl (C=O) groups is 2. The van der Waals surface area contributed by atoms with Gasteiger partial charge in [-0.25, -0.2) is 13.6 Å². The largest absolute Gasteiger partial charge is 0.336 e. The Morgan fingerprint density at radius 2 is 2.16 bits per heavy atom. The molecule has 1 saturated heterocycles. The van der Waals surface area contributed by atoms with E-state index >= 15 is 0 Å². The second-order valence-electron chi connectivity index (χ2n) is 4.06. The number of halogens is 2. The highest BCUT2D eigenvalue weighted by molar-refractivity contribution is 8.00. The van der Waals surface area contributed by atoms with Gasteiger partial charge in [-0.15, -0.1) is 11.8 Å². The Bertz CT molecular complexity index is 524. The van der Waals surface area contributed by atoms with Crippen molar-refractivity contribution in [2.45, 2.75) is 17.1 Å². The average Bonchev–Trinajstić information content (AvgIpc) is 2.79. The van der Waals surface area contributed by atoms with Crippen molar-refractivity contribution in [2.24, 2.45) is 0 Å². The van der Waals surface area contributed by atoms with Crippen LogP contribution in [0.3, 0.4) is 0 Å². The fourth-order valence-corrected chi connectivity index (χ4v) is 2.66. The van der Waals surface area contributed by atoms with Crippen LogP contribution < -0.4 is 5.32 Å². The number of benzene rings is 1. The monoisotopic (exact) mass is 286 g/mol. The number of imide groups is 1. The molecule has 0 radical (unpaired) electrons. The minimum absolute atomic E-state index is 0.334. The van der Waals surface area contributed by atoms with Gasteiger partial charge in [-0.1, -0.05) is 0 Å². The molecule has 0 saturated carbocycles. The third-order valence-electron chi connectivity index (χ3n) is 2.67. The maximum atomic E-state index is 13.0. The number of nitrogens with zero attached hydrogens (tertiary/aromatic N) is 1. The average molecular weight is 286 g/mol. The van der Waals surface area contributed by atoms with Crippen LogP contribution in [0.1, 0.15) is 6.92 Å². The molecule has 19 heavy (non-hydrogen) atoms. The highest BCUT2D eigenvalue weighted by Gasteiger charge is 2.30. The molecule has 1 aromatic rings. The lowest BCUT2D eigenvalue weighted by Gasteiger charge is -2.17. The molecular formula is C12H12F2N2O2S. The van der Waals surface area contributed by atoms with Crippen molar-refractivity contribution in [3.05, 3.63) is 29.8 Å². The number of hydrogen-bond acceptors (Lipinski definition) is 3. The van der Waals surface area contributed by atoms with E-state index in [2.05, 4.69) is 5.32 Å². The first-order valence-electron chi connectivity index (χ1n) is 5.70. The van der Waals surface area contributed by atoms with E-state index in [9.17, 15) is 18.4 Å². The lowest BCUT2D eigenvalue weighted by atomic mass is 10.3. The summed E-state index contributed by atoms with van der Waals surface area (Å²) in [6.45, 7) is 2.40. The second-order valence-corrected chi connectivity index (χ2v) is 5.47. The Balaban J connectivity index is 2.03. The number of amides is 3. The summed E-state index contributed by atoms with van der Waals surface area (Å²) >= 11 is 1.09. The minimum atomic E-state index is -0.955. The lowest BCUT2D eigenvalue weighted by Crippen LogP contribution is -2.38. The van der Waals surface area contributed by atoms with Crippen LogP contribution in [0.15, 0.2) is 23.1 Å². The summed E-state index contributed by atoms with van der Waals surface area (Å²) in [5, 5.41) is 1.99. The number of rotatable bonds is 3. The molecule has 1 heterocycles. The molecule has 1 aliphatic heterocycles. The molecule has 0 bridgehead atoms. The summed E-state index contributed by atoms with van der Waals surface area (Å²) in [5.41, 5.74) is 0. The molecule has 0 aromatic heterocycles. The van der Waals surface area contributed by atoms with Crippen molar-refractivity contribution >= 4 is 23.7 Å². The first-order chi connectivity index (χ1) is 8.99. The van der Waals surface area contributed by atoms with E-state index < -0.39 is 22.9 Å². The molecule has 0 unspecified atom stereocenters. The smallest absolute Gasteiger partial charge is 0.324 e. The predicted octanol–water partition coefficient (Wildman–Crippen LogP) is 2.00. The molecule has 1 fully saturated rings. The number of hydrogen-bond donors (Lipinski definition) is 1. The van der Waals surface area contributed by atoms with Crippen LogP contribution in [0, 0.1) is 11.6 Å². The van der Waals surface area contributed by atoms with E-state index in [0.717, 1.165) is 28.8 Å². The van der Waals surface area contributed by atoms with Crippen LogP contribution >= 0.6 is 11.8 Å². The summed E-state index contributed by atoms with van der Waals surface area (Å²) < 4.78 is 25.8. The van der Waals surface area contributed by atoms with Crippen molar-refractivity contribution in [1.29, 1.82) is 0 Å². The fourth-order valence-electron chi connectivity index (χ4n) is 1.71. The van der Waals surface area contributed by atoms with Gasteiger partial charge in [-0.2, -0.15) is 0 Å². The Kier molecular flexibility index (Phi) is 4.04.